The normalized spacial score (nSPS) is 21.8. The fraction of sp³-hybridized carbons (Fsp3) is 0.611. The number of hydrogen-bond acceptors (Lipinski definition) is 4. The van der Waals surface area contributed by atoms with Crippen molar-refractivity contribution in [2.45, 2.75) is 49.6 Å². The molecule has 2 atom stereocenters. The molecule has 1 aromatic carbocycles. The predicted molar refractivity (Wildman–Crippen MR) is 113 cm³/mol. The van der Waals surface area contributed by atoms with Crippen LogP contribution in [0.2, 0.25) is 0 Å². The number of H-pyrrole nitrogens is 1. The smallest absolute Gasteiger partial charge is 0.166 e. The van der Waals surface area contributed by atoms with Gasteiger partial charge in [-0.25, -0.2) is 9.37 Å². The molecule has 2 unspecified atom stereocenters. The van der Waals surface area contributed by atoms with Crippen LogP contribution >= 0.6 is 36.6 Å². The van der Waals surface area contributed by atoms with E-state index in [2.05, 4.69) is 28.6 Å². The molecule has 0 spiro atoms. The minimum Gasteiger partial charge on any atom is -0.363 e. The van der Waals surface area contributed by atoms with Crippen LogP contribution in [-0.2, 0) is 0 Å². The Hall–Kier alpha value is -0.690. The molecule has 26 heavy (non-hydrogen) atoms. The van der Waals surface area contributed by atoms with Gasteiger partial charge in [0.15, 0.2) is 5.16 Å². The van der Waals surface area contributed by atoms with Gasteiger partial charge in [-0.15, -0.1) is 24.8 Å². The van der Waals surface area contributed by atoms with Crippen molar-refractivity contribution in [1.29, 1.82) is 0 Å². The van der Waals surface area contributed by atoms with Crippen LogP contribution < -0.4 is 4.90 Å². The van der Waals surface area contributed by atoms with Gasteiger partial charge in [-0.1, -0.05) is 25.6 Å². The third-order valence-corrected chi connectivity index (χ3v) is 6.79. The number of benzene rings is 1. The lowest BCUT2D eigenvalue weighted by Gasteiger charge is -2.36. The summed E-state index contributed by atoms with van der Waals surface area (Å²) in [5.74, 6) is -0.134. The lowest BCUT2D eigenvalue weighted by atomic mass is 10.1. The summed E-state index contributed by atoms with van der Waals surface area (Å²) in [6.07, 6.45) is 3.36. The molecule has 2 fully saturated rings. The minimum absolute atomic E-state index is 0. The van der Waals surface area contributed by atoms with Crippen LogP contribution in [0.1, 0.15) is 33.1 Å². The molecule has 2 aliphatic heterocycles. The highest BCUT2D eigenvalue weighted by molar-refractivity contribution is 7.99. The van der Waals surface area contributed by atoms with Gasteiger partial charge in [0.25, 0.3) is 0 Å². The van der Waals surface area contributed by atoms with E-state index in [1.807, 2.05) is 6.07 Å². The SMILES string of the molecule is CCC(CC)Sc1nc2cc(N3CCN4CCC3C4)c(F)cc2[nH]1.Cl.Cl. The summed E-state index contributed by atoms with van der Waals surface area (Å²) in [6, 6.07) is 4.00. The first kappa shape index (κ1) is 21.6. The molecular weight excluding hydrogens is 394 g/mol. The average molecular weight is 421 g/mol. The quantitative estimate of drug-likeness (QED) is 0.709. The van der Waals surface area contributed by atoms with E-state index in [0.717, 1.165) is 67.3 Å². The van der Waals surface area contributed by atoms with E-state index < -0.39 is 0 Å². The highest BCUT2D eigenvalue weighted by Crippen LogP contribution is 2.33. The first-order valence-corrected chi connectivity index (χ1v) is 9.90. The number of piperazine rings is 1. The van der Waals surface area contributed by atoms with Gasteiger partial charge in [-0.2, -0.15) is 0 Å². The van der Waals surface area contributed by atoms with Crippen molar-refractivity contribution in [3.8, 4) is 0 Å². The van der Waals surface area contributed by atoms with Gasteiger partial charge in [-0.3, -0.25) is 4.90 Å². The van der Waals surface area contributed by atoms with E-state index in [9.17, 15) is 4.39 Å². The van der Waals surface area contributed by atoms with Gasteiger partial charge in [0.1, 0.15) is 5.82 Å². The van der Waals surface area contributed by atoms with Crippen LogP contribution in [0.4, 0.5) is 10.1 Å². The number of nitrogens with one attached hydrogen (secondary N) is 1. The summed E-state index contributed by atoms with van der Waals surface area (Å²) in [4.78, 5) is 12.7. The minimum atomic E-state index is -0.134. The van der Waals surface area contributed by atoms with Crippen molar-refractivity contribution in [2.24, 2.45) is 0 Å². The molecule has 2 saturated heterocycles. The van der Waals surface area contributed by atoms with E-state index in [-0.39, 0.29) is 30.6 Å². The van der Waals surface area contributed by atoms with Gasteiger partial charge in [0, 0.05) is 43.5 Å². The average Bonchev–Trinajstić information content (AvgIpc) is 3.15. The Morgan fingerprint density at radius 3 is 2.73 bits per heavy atom. The highest BCUT2D eigenvalue weighted by atomic mass is 35.5. The van der Waals surface area contributed by atoms with Gasteiger partial charge < -0.3 is 9.88 Å². The monoisotopic (exact) mass is 420 g/mol. The molecule has 2 bridgehead atoms. The second kappa shape index (κ2) is 9.00. The number of thioether (sulfide) groups is 1. The zero-order valence-corrected chi connectivity index (χ0v) is 17.7. The number of aromatic amines is 1. The Kier molecular flexibility index (Phi) is 7.48. The standard InChI is InChI=1S/C18H25FN4S.2ClH/c1-3-13(4-2)24-18-20-15-9-14(19)17(10-16(15)21-18)23-8-7-22-6-5-12(23)11-22;;/h9-10,12-13H,3-8,11H2,1-2H3,(H,20,21);2*1H. The summed E-state index contributed by atoms with van der Waals surface area (Å²) >= 11 is 1.76. The van der Waals surface area contributed by atoms with Crippen LogP contribution in [0.15, 0.2) is 17.3 Å². The largest absolute Gasteiger partial charge is 0.363 e. The molecule has 0 radical (unpaired) electrons. The van der Waals surface area contributed by atoms with Crippen molar-refractivity contribution < 1.29 is 4.39 Å². The molecule has 2 aliphatic rings. The maximum atomic E-state index is 14.7. The molecule has 0 aliphatic carbocycles. The third-order valence-electron chi connectivity index (χ3n) is 5.37. The third kappa shape index (κ3) is 4.08. The lowest BCUT2D eigenvalue weighted by molar-refractivity contribution is 0.310. The van der Waals surface area contributed by atoms with Crippen molar-refractivity contribution in [3.05, 3.63) is 17.9 Å². The van der Waals surface area contributed by atoms with Crippen LogP contribution in [0, 0.1) is 5.82 Å². The number of nitrogens with zero attached hydrogens (tertiary/aromatic N) is 3. The summed E-state index contributed by atoms with van der Waals surface area (Å²) in [5, 5.41) is 1.46. The number of halogens is 3. The molecule has 0 amide bonds. The number of aromatic nitrogens is 2. The Balaban J connectivity index is 0.00000121. The van der Waals surface area contributed by atoms with Gasteiger partial charge in [0.2, 0.25) is 0 Å². The van der Waals surface area contributed by atoms with Gasteiger partial charge >= 0.3 is 0 Å². The van der Waals surface area contributed by atoms with Crippen molar-refractivity contribution in [3.63, 3.8) is 0 Å². The maximum Gasteiger partial charge on any atom is 0.166 e. The fourth-order valence-electron chi connectivity index (χ4n) is 3.90. The number of hydrogen-bond donors (Lipinski definition) is 1. The maximum absolute atomic E-state index is 14.7. The van der Waals surface area contributed by atoms with Gasteiger partial charge in [-0.05, 0) is 25.3 Å². The second-order valence-corrected chi connectivity index (χ2v) is 8.14. The number of rotatable bonds is 5. The molecule has 2 aromatic rings. The number of fused-ring (bicyclic) bond motifs is 3. The van der Waals surface area contributed by atoms with E-state index in [1.165, 1.54) is 0 Å². The van der Waals surface area contributed by atoms with E-state index in [0.29, 0.717) is 11.3 Å². The van der Waals surface area contributed by atoms with Crippen LogP contribution in [0.3, 0.4) is 0 Å². The Labute approximate surface area is 171 Å². The Morgan fingerprint density at radius 1 is 1.23 bits per heavy atom. The predicted octanol–water partition coefficient (Wildman–Crippen LogP) is 4.72. The van der Waals surface area contributed by atoms with E-state index in [1.54, 1.807) is 17.8 Å². The molecule has 1 aromatic heterocycles. The first-order valence-electron chi connectivity index (χ1n) is 9.02. The second-order valence-electron chi connectivity index (χ2n) is 6.86. The number of anilines is 1. The van der Waals surface area contributed by atoms with E-state index in [4.69, 9.17) is 4.98 Å². The molecule has 4 nitrogen and oxygen atoms in total. The van der Waals surface area contributed by atoms with Crippen LogP contribution in [0.25, 0.3) is 11.0 Å². The summed E-state index contributed by atoms with van der Waals surface area (Å²) in [6.45, 7) is 8.54. The first-order chi connectivity index (χ1) is 11.7. The summed E-state index contributed by atoms with van der Waals surface area (Å²) < 4.78 is 14.7. The summed E-state index contributed by atoms with van der Waals surface area (Å²) in [7, 11) is 0. The zero-order valence-electron chi connectivity index (χ0n) is 15.2. The van der Waals surface area contributed by atoms with E-state index >= 15 is 0 Å². The lowest BCUT2D eigenvalue weighted by Crippen LogP contribution is -2.47. The molecule has 146 valence electrons. The highest BCUT2D eigenvalue weighted by Gasteiger charge is 2.33. The summed E-state index contributed by atoms with van der Waals surface area (Å²) in [5.41, 5.74) is 2.40. The molecule has 8 heteroatoms. The van der Waals surface area contributed by atoms with Crippen LogP contribution in [0.5, 0.6) is 0 Å². The molecule has 3 heterocycles. The molecule has 4 rings (SSSR count). The van der Waals surface area contributed by atoms with Crippen molar-refractivity contribution >= 4 is 53.3 Å². The Bertz CT molecular complexity index is 737. The topological polar surface area (TPSA) is 35.2 Å². The Morgan fingerprint density at radius 2 is 2.00 bits per heavy atom. The molecule has 1 N–H and O–H groups in total. The molecule has 0 saturated carbocycles. The van der Waals surface area contributed by atoms with Crippen LogP contribution in [-0.4, -0.2) is 52.3 Å². The zero-order chi connectivity index (χ0) is 16.7. The van der Waals surface area contributed by atoms with Crippen molar-refractivity contribution in [1.82, 2.24) is 14.9 Å². The number of imidazole rings is 1. The molecular formula is C18H27Cl2FN4S. The van der Waals surface area contributed by atoms with Gasteiger partial charge in [0.05, 0.1) is 16.7 Å². The van der Waals surface area contributed by atoms with Crippen molar-refractivity contribution in [2.75, 3.05) is 31.1 Å². The fourth-order valence-corrected chi connectivity index (χ4v) is 4.87.